The van der Waals surface area contributed by atoms with Gasteiger partial charge in [-0.15, -0.1) is 24.8 Å². The second-order valence-corrected chi connectivity index (χ2v) is 6.11. The van der Waals surface area contributed by atoms with Gasteiger partial charge in [0, 0.05) is 44.2 Å². The highest BCUT2D eigenvalue weighted by molar-refractivity contribution is 5.91. The first-order valence-corrected chi connectivity index (χ1v) is 8.16. The van der Waals surface area contributed by atoms with Crippen LogP contribution in [0.15, 0.2) is 36.7 Å². The Bertz CT molecular complexity index is 673. The number of imidazole rings is 1. The van der Waals surface area contributed by atoms with Crippen LogP contribution in [0.25, 0.3) is 0 Å². The summed E-state index contributed by atoms with van der Waals surface area (Å²) in [5, 5.41) is 2.90. The first-order chi connectivity index (χ1) is 11.5. The van der Waals surface area contributed by atoms with Crippen LogP contribution in [0.1, 0.15) is 37.6 Å². The van der Waals surface area contributed by atoms with E-state index >= 15 is 0 Å². The summed E-state index contributed by atoms with van der Waals surface area (Å²) in [4.78, 5) is 16.5. The minimum atomic E-state index is -0.257. The van der Waals surface area contributed by atoms with E-state index in [1.807, 2.05) is 36.7 Å². The highest BCUT2D eigenvalue weighted by atomic mass is 35.5. The van der Waals surface area contributed by atoms with E-state index in [1.165, 1.54) is 0 Å². The van der Waals surface area contributed by atoms with Crippen LogP contribution >= 0.6 is 24.8 Å². The van der Waals surface area contributed by atoms with Gasteiger partial charge in [-0.05, 0) is 17.7 Å². The summed E-state index contributed by atoms with van der Waals surface area (Å²) < 4.78 is 7.27. The Labute approximate surface area is 167 Å². The minimum absolute atomic E-state index is 0. The maximum Gasteiger partial charge on any atom is 0.227 e. The van der Waals surface area contributed by atoms with E-state index in [0.717, 1.165) is 23.6 Å². The normalized spacial score (nSPS) is 11.4. The van der Waals surface area contributed by atoms with Crippen LogP contribution in [0, 0.1) is 0 Å². The zero-order valence-corrected chi connectivity index (χ0v) is 17.0. The van der Waals surface area contributed by atoms with Gasteiger partial charge < -0.3 is 20.4 Å². The third-order valence-corrected chi connectivity index (χ3v) is 3.84. The summed E-state index contributed by atoms with van der Waals surface area (Å²) in [6, 6.07) is 7.83. The number of nitrogens with one attached hydrogen (secondary N) is 1. The number of carbonyl (C=O) groups excluding carboxylic acids is 1. The predicted octanol–water partition coefficient (Wildman–Crippen LogP) is 3.20. The summed E-state index contributed by atoms with van der Waals surface area (Å²) in [5.41, 5.74) is 7.43. The van der Waals surface area contributed by atoms with Gasteiger partial charge in [-0.1, -0.05) is 26.0 Å². The smallest absolute Gasteiger partial charge is 0.227 e. The fraction of sp³-hybridized carbons (Fsp3) is 0.444. The molecule has 3 N–H and O–H groups in total. The molecule has 1 aromatic carbocycles. The summed E-state index contributed by atoms with van der Waals surface area (Å²) >= 11 is 0. The first kappa shape index (κ1) is 24.4. The number of aromatic nitrogens is 2. The molecule has 0 saturated carbocycles. The van der Waals surface area contributed by atoms with Gasteiger partial charge in [0.05, 0.1) is 12.5 Å². The number of nitrogens with zero attached hydrogens (tertiary/aromatic N) is 2. The molecule has 146 valence electrons. The van der Waals surface area contributed by atoms with E-state index in [2.05, 4.69) is 28.7 Å². The van der Waals surface area contributed by atoms with Gasteiger partial charge in [0.25, 0.3) is 0 Å². The van der Waals surface area contributed by atoms with Crippen LogP contribution in [-0.4, -0.2) is 35.2 Å². The molecule has 0 bridgehead atoms. The summed E-state index contributed by atoms with van der Waals surface area (Å²) in [7, 11) is 1.56. The lowest BCUT2D eigenvalue weighted by atomic mass is 10.1. The van der Waals surface area contributed by atoms with Gasteiger partial charge in [-0.2, -0.15) is 0 Å². The Morgan fingerprint density at radius 3 is 2.69 bits per heavy atom. The van der Waals surface area contributed by atoms with E-state index in [-0.39, 0.29) is 43.2 Å². The maximum atomic E-state index is 12.1. The Hall–Kier alpha value is -1.60. The molecular formula is C18H28Cl2N4O2. The SMILES string of the molecule is COC(CN)CC(=O)Nc1cccc(Cn2ccnc2C(C)C)c1.Cl.Cl. The van der Waals surface area contributed by atoms with Gasteiger partial charge in [-0.3, -0.25) is 4.79 Å². The molecule has 2 aromatic rings. The van der Waals surface area contributed by atoms with Crippen LogP contribution in [0.3, 0.4) is 0 Å². The monoisotopic (exact) mass is 402 g/mol. The third-order valence-electron chi connectivity index (χ3n) is 3.84. The maximum absolute atomic E-state index is 12.1. The van der Waals surface area contributed by atoms with Crippen LogP contribution in [0.5, 0.6) is 0 Å². The van der Waals surface area contributed by atoms with Crippen molar-refractivity contribution in [1.82, 2.24) is 9.55 Å². The van der Waals surface area contributed by atoms with Gasteiger partial charge in [-0.25, -0.2) is 4.98 Å². The third kappa shape index (κ3) is 6.96. The number of nitrogens with two attached hydrogens (primary N) is 1. The number of methoxy groups -OCH3 is 1. The van der Waals surface area contributed by atoms with E-state index in [1.54, 1.807) is 7.11 Å². The topological polar surface area (TPSA) is 82.2 Å². The quantitative estimate of drug-likeness (QED) is 0.709. The van der Waals surface area contributed by atoms with E-state index < -0.39 is 0 Å². The minimum Gasteiger partial charge on any atom is -0.380 e. The number of rotatable bonds is 8. The largest absolute Gasteiger partial charge is 0.380 e. The lowest BCUT2D eigenvalue weighted by Gasteiger charge is -2.14. The van der Waals surface area contributed by atoms with Crippen LogP contribution in [-0.2, 0) is 16.1 Å². The highest BCUT2D eigenvalue weighted by Crippen LogP contribution is 2.16. The zero-order valence-electron chi connectivity index (χ0n) is 15.3. The number of amides is 1. The fourth-order valence-electron chi connectivity index (χ4n) is 2.58. The van der Waals surface area contributed by atoms with E-state index in [4.69, 9.17) is 10.5 Å². The predicted molar refractivity (Wildman–Crippen MR) is 109 cm³/mol. The molecule has 1 heterocycles. The number of ether oxygens (including phenoxy) is 1. The van der Waals surface area contributed by atoms with E-state index in [9.17, 15) is 4.79 Å². The molecule has 1 atom stereocenters. The van der Waals surface area contributed by atoms with Gasteiger partial charge >= 0.3 is 0 Å². The van der Waals surface area contributed by atoms with Gasteiger partial charge in [0.1, 0.15) is 5.82 Å². The lowest BCUT2D eigenvalue weighted by Crippen LogP contribution is -2.28. The molecule has 0 radical (unpaired) electrons. The van der Waals surface area contributed by atoms with Crippen molar-refractivity contribution in [2.45, 2.75) is 38.8 Å². The Balaban J connectivity index is 0.00000312. The molecule has 0 spiro atoms. The molecule has 0 aliphatic heterocycles. The van der Waals surface area contributed by atoms with Crippen molar-refractivity contribution in [3.05, 3.63) is 48.0 Å². The van der Waals surface area contributed by atoms with Crippen molar-refractivity contribution in [2.75, 3.05) is 19.0 Å². The van der Waals surface area contributed by atoms with Gasteiger partial charge in [0.15, 0.2) is 0 Å². The second kappa shape index (κ2) is 11.9. The van der Waals surface area contributed by atoms with Crippen LogP contribution in [0.2, 0.25) is 0 Å². The molecule has 0 fully saturated rings. The number of halogens is 2. The standard InChI is InChI=1S/C18H26N4O2.2ClH/c1-13(2)18-20-7-8-22(18)12-14-5-4-6-15(9-14)21-17(23)10-16(11-19)24-3;;/h4-9,13,16H,10-12,19H2,1-3H3,(H,21,23);2*1H. The average molecular weight is 403 g/mol. The van der Waals surface area contributed by atoms with Crippen molar-refractivity contribution < 1.29 is 9.53 Å². The Morgan fingerprint density at radius 1 is 1.35 bits per heavy atom. The molecular weight excluding hydrogens is 375 g/mol. The van der Waals surface area contributed by atoms with Crippen molar-refractivity contribution >= 4 is 36.4 Å². The molecule has 1 aromatic heterocycles. The Morgan fingerprint density at radius 2 is 2.08 bits per heavy atom. The van der Waals surface area contributed by atoms with Crippen molar-refractivity contribution in [3.8, 4) is 0 Å². The van der Waals surface area contributed by atoms with Gasteiger partial charge in [0.2, 0.25) is 5.91 Å². The number of hydrogen-bond donors (Lipinski definition) is 2. The fourth-order valence-corrected chi connectivity index (χ4v) is 2.58. The molecule has 0 aliphatic carbocycles. The van der Waals surface area contributed by atoms with Crippen LogP contribution < -0.4 is 11.1 Å². The Kier molecular flexibility index (Phi) is 11.2. The molecule has 6 nitrogen and oxygen atoms in total. The lowest BCUT2D eigenvalue weighted by molar-refractivity contribution is -0.118. The van der Waals surface area contributed by atoms with Crippen molar-refractivity contribution in [1.29, 1.82) is 0 Å². The molecule has 0 aliphatic rings. The molecule has 26 heavy (non-hydrogen) atoms. The summed E-state index contributed by atoms with van der Waals surface area (Å²) in [6.07, 6.45) is 3.78. The van der Waals surface area contributed by atoms with E-state index in [0.29, 0.717) is 12.5 Å². The van der Waals surface area contributed by atoms with Crippen molar-refractivity contribution in [3.63, 3.8) is 0 Å². The molecule has 8 heteroatoms. The van der Waals surface area contributed by atoms with Crippen LogP contribution in [0.4, 0.5) is 5.69 Å². The second-order valence-electron chi connectivity index (χ2n) is 6.11. The average Bonchev–Trinajstić information content (AvgIpc) is 3.01. The molecule has 2 rings (SSSR count). The number of carbonyl (C=O) groups is 1. The zero-order chi connectivity index (χ0) is 17.5. The van der Waals surface area contributed by atoms with Crippen molar-refractivity contribution in [2.24, 2.45) is 5.73 Å². The first-order valence-electron chi connectivity index (χ1n) is 8.16. The summed E-state index contributed by atoms with van der Waals surface area (Å²) in [5.74, 6) is 1.32. The molecule has 1 amide bonds. The molecule has 0 saturated heterocycles. The highest BCUT2D eigenvalue weighted by Gasteiger charge is 2.12. The number of benzene rings is 1. The molecule has 1 unspecified atom stereocenters. The number of anilines is 1. The number of hydrogen-bond acceptors (Lipinski definition) is 4. The summed E-state index contributed by atoms with van der Waals surface area (Å²) in [6.45, 7) is 5.29.